The number of amides is 1. The Hall–Kier alpha value is -1.92. The van der Waals surface area contributed by atoms with E-state index < -0.39 is 23.3 Å². The number of hydrogen-bond donors (Lipinski definition) is 1. The van der Waals surface area contributed by atoms with Crippen molar-refractivity contribution >= 4 is 12.3 Å². The zero-order valence-electron chi connectivity index (χ0n) is 16.5. The van der Waals surface area contributed by atoms with Gasteiger partial charge in [0.25, 0.3) is 0 Å². The second-order valence-electron chi connectivity index (χ2n) is 7.11. The highest BCUT2D eigenvalue weighted by atomic mass is 19.2. The lowest BCUT2D eigenvalue weighted by atomic mass is 9.88. The number of nitrogens with two attached hydrogens (primary N) is 1. The van der Waals surface area contributed by atoms with Gasteiger partial charge < -0.3 is 10.5 Å². The number of halogens is 2. The normalized spacial score (nSPS) is 16.9. The zero-order valence-corrected chi connectivity index (χ0v) is 16.5. The molecule has 2 atom stereocenters. The van der Waals surface area contributed by atoms with E-state index in [1.54, 1.807) is 41.5 Å². The van der Waals surface area contributed by atoms with Crippen LogP contribution in [0.1, 0.15) is 54.9 Å². The predicted octanol–water partition coefficient (Wildman–Crippen LogP) is 4.90. The Morgan fingerprint density at radius 2 is 1.84 bits per heavy atom. The van der Waals surface area contributed by atoms with Crippen LogP contribution in [0.4, 0.5) is 13.6 Å². The van der Waals surface area contributed by atoms with Crippen molar-refractivity contribution < 1.29 is 18.3 Å². The molecule has 0 aliphatic rings. The zero-order chi connectivity index (χ0) is 19.9. The van der Waals surface area contributed by atoms with E-state index in [9.17, 15) is 13.6 Å². The quantitative estimate of drug-likeness (QED) is 0.686. The lowest BCUT2D eigenvalue weighted by molar-refractivity contribution is 0.0328. The van der Waals surface area contributed by atoms with Crippen LogP contribution >= 0.6 is 0 Å². The van der Waals surface area contributed by atoms with Gasteiger partial charge >= 0.3 is 6.09 Å². The number of hydrogen-bond acceptors (Lipinski definition) is 4. The molecule has 2 N–H and O–H groups in total. The Labute approximate surface area is 149 Å². The van der Waals surface area contributed by atoms with E-state index in [4.69, 9.17) is 10.5 Å². The van der Waals surface area contributed by atoms with Gasteiger partial charge in [-0.3, -0.25) is 4.90 Å². The summed E-state index contributed by atoms with van der Waals surface area (Å²) in [6.07, 6.45) is 0.814. The third kappa shape index (κ3) is 7.67. The van der Waals surface area contributed by atoms with Crippen LogP contribution in [0.15, 0.2) is 28.2 Å². The van der Waals surface area contributed by atoms with Gasteiger partial charge in [0.05, 0.1) is 5.70 Å². The van der Waals surface area contributed by atoms with Crippen LogP contribution in [0.2, 0.25) is 0 Å². The molecule has 1 amide bonds. The molecule has 0 saturated heterocycles. The summed E-state index contributed by atoms with van der Waals surface area (Å²) < 4.78 is 32.0. The first-order valence-corrected chi connectivity index (χ1v) is 8.27. The fourth-order valence-corrected chi connectivity index (χ4v) is 2.21. The van der Waals surface area contributed by atoms with Gasteiger partial charge in [0, 0.05) is 25.6 Å². The second-order valence-corrected chi connectivity index (χ2v) is 7.11. The highest BCUT2D eigenvalue weighted by molar-refractivity contribution is 5.70. The number of rotatable bonds is 6. The summed E-state index contributed by atoms with van der Waals surface area (Å²) in [5.41, 5.74) is 5.75. The SMILES string of the molecule is CC=N/C(N)=C(\[C@@H](C)[C@@H](C)C/C(F)=C(\C)F)N(C)C(=O)OC(C)(C)C. The topological polar surface area (TPSA) is 67.9 Å². The van der Waals surface area contributed by atoms with E-state index in [-0.39, 0.29) is 24.1 Å². The summed E-state index contributed by atoms with van der Waals surface area (Å²) >= 11 is 0. The fourth-order valence-electron chi connectivity index (χ4n) is 2.21. The molecular weight excluding hydrogens is 328 g/mol. The van der Waals surface area contributed by atoms with Crippen LogP contribution in [0.25, 0.3) is 0 Å². The number of carbonyl (C=O) groups is 1. The molecular formula is C18H31F2N3O2. The monoisotopic (exact) mass is 359 g/mol. The molecule has 5 nitrogen and oxygen atoms in total. The average Bonchev–Trinajstić information content (AvgIpc) is 2.45. The summed E-state index contributed by atoms with van der Waals surface area (Å²) in [6, 6.07) is 0. The van der Waals surface area contributed by atoms with Crippen molar-refractivity contribution in [2.45, 2.75) is 60.5 Å². The van der Waals surface area contributed by atoms with Gasteiger partial charge in [-0.15, -0.1) is 0 Å². The molecule has 0 aromatic rings. The minimum Gasteiger partial charge on any atom is -0.443 e. The van der Waals surface area contributed by atoms with E-state index in [0.29, 0.717) is 5.70 Å². The standard InChI is InChI=1S/C18H31F2N3O2/c1-9-22-16(21)15(23(8)17(24)25-18(5,6)7)12(3)11(2)10-14(20)13(4)19/h9,11-12H,10,21H2,1-8H3/b14-13-,16-15+,22-9?/t11-,12-/m0/s1. The highest BCUT2D eigenvalue weighted by Crippen LogP contribution is 2.31. The molecule has 0 heterocycles. The van der Waals surface area contributed by atoms with E-state index in [2.05, 4.69) is 4.99 Å². The largest absolute Gasteiger partial charge is 0.443 e. The number of aliphatic imine (C=N–C) groups is 1. The van der Waals surface area contributed by atoms with Gasteiger partial charge in [-0.05, 0) is 40.5 Å². The summed E-state index contributed by atoms with van der Waals surface area (Å²) in [5, 5.41) is 0. The Morgan fingerprint density at radius 1 is 1.32 bits per heavy atom. The van der Waals surface area contributed by atoms with Crippen LogP contribution in [-0.4, -0.2) is 29.9 Å². The maximum atomic E-state index is 13.7. The van der Waals surface area contributed by atoms with Gasteiger partial charge in [0.2, 0.25) is 0 Å². The Balaban J connectivity index is 5.69. The first-order valence-electron chi connectivity index (χ1n) is 8.27. The van der Waals surface area contributed by atoms with E-state index in [1.165, 1.54) is 18.2 Å². The molecule has 0 aliphatic heterocycles. The summed E-state index contributed by atoms with van der Waals surface area (Å²) in [5.74, 6) is -2.18. The molecule has 25 heavy (non-hydrogen) atoms. The Morgan fingerprint density at radius 3 is 2.24 bits per heavy atom. The van der Waals surface area contributed by atoms with Gasteiger partial charge in [-0.1, -0.05) is 13.8 Å². The minimum absolute atomic E-state index is 0.0989. The van der Waals surface area contributed by atoms with E-state index >= 15 is 0 Å². The third-order valence-corrected chi connectivity index (χ3v) is 3.72. The Kier molecular flexibility index (Phi) is 8.80. The maximum absolute atomic E-state index is 13.7. The first-order chi connectivity index (χ1) is 11.3. The average molecular weight is 359 g/mol. The molecule has 144 valence electrons. The summed E-state index contributed by atoms with van der Waals surface area (Å²) in [6.45, 7) is 11.6. The molecule has 0 spiro atoms. The van der Waals surface area contributed by atoms with Gasteiger partial charge in [0.1, 0.15) is 23.1 Å². The van der Waals surface area contributed by atoms with E-state index in [0.717, 1.165) is 6.92 Å². The van der Waals surface area contributed by atoms with Crippen LogP contribution in [-0.2, 0) is 4.74 Å². The number of ether oxygens (including phenoxy) is 1. The summed E-state index contributed by atoms with van der Waals surface area (Å²) in [7, 11) is 1.53. The number of nitrogens with zero attached hydrogens (tertiary/aromatic N) is 2. The molecule has 0 aromatic carbocycles. The molecule has 0 fully saturated rings. The molecule has 0 aromatic heterocycles. The molecule has 0 saturated carbocycles. The van der Waals surface area contributed by atoms with Crippen molar-refractivity contribution in [2.75, 3.05) is 7.05 Å². The minimum atomic E-state index is -0.843. The van der Waals surface area contributed by atoms with Gasteiger partial charge in [-0.25, -0.2) is 18.6 Å². The molecule has 0 bridgehead atoms. The van der Waals surface area contributed by atoms with Crippen LogP contribution in [0, 0.1) is 11.8 Å². The van der Waals surface area contributed by atoms with Crippen molar-refractivity contribution in [3.63, 3.8) is 0 Å². The molecule has 0 unspecified atom stereocenters. The van der Waals surface area contributed by atoms with Crippen molar-refractivity contribution in [2.24, 2.45) is 22.6 Å². The predicted molar refractivity (Wildman–Crippen MR) is 97.2 cm³/mol. The smallest absolute Gasteiger partial charge is 0.414 e. The van der Waals surface area contributed by atoms with Gasteiger partial charge in [-0.2, -0.15) is 0 Å². The van der Waals surface area contributed by atoms with E-state index in [1.807, 2.05) is 0 Å². The molecule has 7 heteroatoms. The van der Waals surface area contributed by atoms with Crippen molar-refractivity contribution in [1.82, 2.24) is 4.90 Å². The third-order valence-electron chi connectivity index (χ3n) is 3.72. The first kappa shape index (κ1) is 23.1. The van der Waals surface area contributed by atoms with Crippen molar-refractivity contribution in [3.8, 4) is 0 Å². The Bertz CT molecular complexity index is 559. The maximum Gasteiger partial charge on any atom is 0.414 e. The molecule has 0 aliphatic carbocycles. The number of allylic oxidation sites excluding steroid dienone is 3. The van der Waals surface area contributed by atoms with Crippen LogP contribution in [0.3, 0.4) is 0 Å². The van der Waals surface area contributed by atoms with Crippen LogP contribution < -0.4 is 5.73 Å². The lowest BCUT2D eigenvalue weighted by Gasteiger charge is -2.31. The highest BCUT2D eigenvalue weighted by Gasteiger charge is 2.29. The lowest BCUT2D eigenvalue weighted by Crippen LogP contribution is -2.37. The number of carbonyl (C=O) groups excluding carboxylic acids is 1. The van der Waals surface area contributed by atoms with Crippen molar-refractivity contribution in [3.05, 3.63) is 23.2 Å². The second kappa shape index (κ2) is 9.53. The summed E-state index contributed by atoms with van der Waals surface area (Å²) in [4.78, 5) is 17.7. The van der Waals surface area contributed by atoms with Crippen molar-refractivity contribution in [1.29, 1.82) is 0 Å². The molecule has 0 rings (SSSR count). The van der Waals surface area contributed by atoms with Crippen LogP contribution in [0.5, 0.6) is 0 Å². The van der Waals surface area contributed by atoms with Gasteiger partial charge in [0.15, 0.2) is 0 Å². The molecule has 0 radical (unpaired) electrons. The fraction of sp³-hybridized carbons (Fsp3) is 0.667.